The van der Waals surface area contributed by atoms with Crippen LogP contribution >= 0.6 is 12.4 Å². The van der Waals surface area contributed by atoms with Crippen molar-refractivity contribution in [1.29, 1.82) is 0 Å². The van der Waals surface area contributed by atoms with Crippen LogP contribution in [0.5, 0.6) is 5.75 Å². The third-order valence-electron chi connectivity index (χ3n) is 5.45. The highest BCUT2D eigenvalue weighted by Gasteiger charge is 2.37. The Hall–Kier alpha value is -1.79. The van der Waals surface area contributed by atoms with Gasteiger partial charge in [0.25, 0.3) is 0 Å². The quantitative estimate of drug-likeness (QED) is 0.726. The Bertz CT molecular complexity index is 678. The van der Waals surface area contributed by atoms with E-state index in [2.05, 4.69) is 29.6 Å². The smallest absolute Gasteiger partial charge is 0.487 e. The molecule has 0 bridgehead atoms. The maximum Gasteiger partial charge on any atom is 0.508 e. The highest BCUT2D eigenvalue weighted by atomic mass is 35.5. The van der Waals surface area contributed by atoms with Gasteiger partial charge in [-0.15, -0.1) is 12.4 Å². The van der Waals surface area contributed by atoms with Gasteiger partial charge in [-0.1, -0.05) is 18.2 Å². The SMILES string of the molecule is COC(=O)OC1CN(CCC2Cc3ccccc3OC2(C)C)CCC1=O.Cl. The van der Waals surface area contributed by atoms with Crippen LogP contribution in [0.15, 0.2) is 24.3 Å². The molecule has 0 amide bonds. The summed E-state index contributed by atoms with van der Waals surface area (Å²) < 4.78 is 15.8. The highest BCUT2D eigenvalue weighted by Crippen LogP contribution is 2.38. The normalized spacial score (nSPS) is 24.2. The molecule has 0 spiro atoms. The third-order valence-corrected chi connectivity index (χ3v) is 5.45. The lowest BCUT2D eigenvalue weighted by atomic mass is 9.80. The number of hydrogen-bond acceptors (Lipinski definition) is 6. The zero-order valence-electron chi connectivity index (χ0n) is 16.1. The molecule has 0 radical (unpaired) electrons. The van der Waals surface area contributed by atoms with Crippen molar-refractivity contribution in [2.45, 2.75) is 44.8 Å². The number of para-hydroxylation sites is 1. The van der Waals surface area contributed by atoms with Crippen molar-refractivity contribution < 1.29 is 23.8 Å². The third kappa shape index (κ3) is 5.14. The number of piperidine rings is 1. The molecule has 27 heavy (non-hydrogen) atoms. The zero-order valence-corrected chi connectivity index (χ0v) is 16.9. The van der Waals surface area contributed by atoms with E-state index in [1.165, 1.54) is 12.7 Å². The van der Waals surface area contributed by atoms with E-state index in [0.29, 0.717) is 25.4 Å². The van der Waals surface area contributed by atoms with Crippen LogP contribution in [0, 0.1) is 5.92 Å². The monoisotopic (exact) mass is 397 g/mol. The van der Waals surface area contributed by atoms with Crippen LogP contribution in [-0.2, 0) is 20.7 Å². The molecule has 2 atom stereocenters. The van der Waals surface area contributed by atoms with Gasteiger partial charge in [0.2, 0.25) is 0 Å². The molecule has 1 aromatic rings. The van der Waals surface area contributed by atoms with Gasteiger partial charge in [0.05, 0.1) is 7.11 Å². The molecule has 3 rings (SSSR count). The molecule has 0 saturated carbocycles. The van der Waals surface area contributed by atoms with E-state index in [9.17, 15) is 9.59 Å². The lowest BCUT2D eigenvalue weighted by Crippen LogP contribution is -2.48. The van der Waals surface area contributed by atoms with Crippen molar-refractivity contribution in [1.82, 2.24) is 4.90 Å². The van der Waals surface area contributed by atoms with Gasteiger partial charge in [-0.05, 0) is 44.9 Å². The number of fused-ring (bicyclic) bond motifs is 1. The molecule has 1 aromatic carbocycles. The fourth-order valence-electron chi connectivity index (χ4n) is 3.77. The van der Waals surface area contributed by atoms with Crippen molar-refractivity contribution in [2.75, 3.05) is 26.7 Å². The zero-order chi connectivity index (χ0) is 18.7. The molecule has 1 fully saturated rings. The molecule has 2 unspecified atom stereocenters. The highest BCUT2D eigenvalue weighted by molar-refractivity contribution is 5.86. The Morgan fingerprint density at radius 3 is 2.81 bits per heavy atom. The summed E-state index contributed by atoms with van der Waals surface area (Å²) in [5.41, 5.74) is 1.01. The number of nitrogens with zero attached hydrogens (tertiary/aromatic N) is 1. The number of rotatable bonds is 4. The van der Waals surface area contributed by atoms with Crippen molar-refractivity contribution >= 4 is 24.3 Å². The fourth-order valence-corrected chi connectivity index (χ4v) is 3.77. The Kier molecular flexibility index (Phi) is 7.12. The molecule has 0 aromatic heterocycles. The Morgan fingerprint density at radius 2 is 2.07 bits per heavy atom. The minimum absolute atomic E-state index is 0. The Morgan fingerprint density at radius 1 is 1.33 bits per heavy atom. The second kappa shape index (κ2) is 8.93. The fraction of sp³-hybridized carbons (Fsp3) is 0.600. The summed E-state index contributed by atoms with van der Waals surface area (Å²) in [5, 5.41) is 0. The van der Waals surface area contributed by atoms with Gasteiger partial charge in [-0.25, -0.2) is 4.79 Å². The summed E-state index contributed by atoms with van der Waals surface area (Å²) in [5.74, 6) is 1.32. The minimum Gasteiger partial charge on any atom is -0.487 e. The predicted molar refractivity (Wildman–Crippen MR) is 104 cm³/mol. The van der Waals surface area contributed by atoms with Crippen LogP contribution in [0.4, 0.5) is 4.79 Å². The lowest BCUT2D eigenvalue weighted by molar-refractivity contribution is -0.133. The van der Waals surface area contributed by atoms with Crippen molar-refractivity contribution in [3.63, 3.8) is 0 Å². The first kappa shape index (κ1) is 21.5. The largest absolute Gasteiger partial charge is 0.508 e. The molecule has 6 nitrogen and oxygen atoms in total. The van der Waals surface area contributed by atoms with Gasteiger partial charge in [-0.3, -0.25) is 9.69 Å². The van der Waals surface area contributed by atoms with E-state index in [4.69, 9.17) is 9.47 Å². The van der Waals surface area contributed by atoms with Gasteiger partial charge in [-0.2, -0.15) is 0 Å². The van der Waals surface area contributed by atoms with E-state index >= 15 is 0 Å². The van der Waals surface area contributed by atoms with Gasteiger partial charge < -0.3 is 14.2 Å². The number of carbonyl (C=O) groups is 2. The number of benzene rings is 1. The topological polar surface area (TPSA) is 65.1 Å². The molecule has 150 valence electrons. The maximum absolute atomic E-state index is 12.0. The molecule has 2 aliphatic heterocycles. The van der Waals surface area contributed by atoms with Crippen LogP contribution in [0.25, 0.3) is 0 Å². The van der Waals surface area contributed by atoms with Crippen LogP contribution in [0.1, 0.15) is 32.3 Å². The van der Waals surface area contributed by atoms with Gasteiger partial charge in [0.1, 0.15) is 11.4 Å². The number of Topliss-reactive ketones (excluding diaryl/α,β-unsaturated/α-hetero) is 1. The van der Waals surface area contributed by atoms with Gasteiger partial charge >= 0.3 is 6.16 Å². The number of halogens is 1. The predicted octanol–water partition coefficient (Wildman–Crippen LogP) is 3.25. The van der Waals surface area contributed by atoms with Crippen molar-refractivity contribution in [3.8, 4) is 5.75 Å². The van der Waals surface area contributed by atoms with Crippen LogP contribution in [0.2, 0.25) is 0 Å². The average molecular weight is 398 g/mol. The van der Waals surface area contributed by atoms with Crippen LogP contribution in [-0.4, -0.2) is 55.3 Å². The number of ketones is 1. The Labute approximate surface area is 166 Å². The second-order valence-corrected chi connectivity index (χ2v) is 7.58. The summed E-state index contributed by atoms with van der Waals surface area (Å²) in [6, 6.07) is 8.19. The molecular formula is C20H28ClNO5. The first-order valence-electron chi connectivity index (χ1n) is 9.15. The molecule has 7 heteroatoms. The number of carbonyl (C=O) groups excluding carboxylic acids is 2. The summed E-state index contributed by atoms with van der Waals surface area (Å²) >= 11 is 0. The van der Waals surface area contributed by atoms with Crippen molar-refractivity contribution in [3.05, 3.63) is 29.8 Å². The van der Waals surface area contributed by atoms with E-state index in [1.807, 2.05) is 18.2 Å². The number of hydrogen-bond donors (Lipinski definition) is 0. The summed E-state index contributed by atoms with van der Waals surface area (Å²) in [4.78, 5) is 25.5. The Balaban J connectivity index is 0.00000261. The average Bonchev–Trinajstić information content (AvgIpc) is 2.61. The standard InChI is InChI=1S/C20H27NO5.ClH/c1-20(2)15(12-14-6-4-5-7-17(14)26-20)8-10-21-11-9-16(22)18(13-21)25-19(23)24-3;/h4-7,15,18H,8-13H2,1-3H3;1H. The number of methoxy groups -OCH3 is 1. The summed E-state index contributed by atoms with van der Waals surface area (Å²) in [6.07, 6.45) is 0.809. The maximum atomic E-state index is 12.0. The lowest BCUT2D eigenvalue weighted by Gasteiger charge is -2.41. The molecular weight excluding hydrogens is 370 g/mol. The second-order valence-electron chi connectivity index (χ2n) is 7.58. The molecule has 0 N–H and O–H groups in total. The first-order chi connectivity index (χ1) is 12.4. The van der Waals surface area contributed by atoms with E-state index in [-0.39, 0.29) is 23.8 Å². The van der Waals surface area contributed by atoms with E-state index < -0.39 is 12.3 Å². The molecule has 0 aliphatic carbocycles. The molecule has 2 heterocycles. The number of ether oxygens (including phenoxy) is 3. The molecule has 1 saturated heterocycles. The summed E-state index contributed by atoms with van der Waals surface area (Å²) in [6.45, 7) is 6.24. The van der Waals surface area contributed by atoms with E-state index in [0.717, 1.165) is 25.1 Å². The molecule has 2 aliphatic rings. The number of likely N-dealkylation sites (tertiary alicyclic amines) is 1. The van der Waals surface area contributed by atoms with Crippen molar-refractivity contribution in [2.24, 2.45) is 5.92 Å². The first-order valence-corrected chi connectivity index (χ1v) is 9.15. The van der Waals surface area contributed by atoms with Gasteiger partial charge in [0.15, 0.2) is 11.9 Å². The summed E-state index contributed by atoms with van der Waals surface area (Å²) in [7, 11) is 1.25. The minimum atomic E-state index is -0.802. The van der Waals surface area contributed by atoms with Gasteiger partial charge in [0, 0.05) is 25.4 Å². The van der Waals surface area contributed by atoms with Crippen LogP contribution in [0.3, 0.4) is 0 Å². The van der Waals surface area contributed by atoms with E-state index in [1.54, 1.807) is 0 Å². The van der Waals surface area contributed by atoms with Crippen LogP contribution < -0.4 is 4.74 Å².